The summed E-state index contributed by atoms with van der Waals surface area (Å²) in [7, 11) is 3.88. The first-order valence-corrected chi connectivity index (χ1v) is 3.92. The number of hydrogen-bond donors (Lipinski definition) is 1. The summed E-state index contributed by atoms with van der Waals surface area (Å²) in [5.41, 5.74) is 1.98. The van der Waals surface area contributed by atoms with Crippen LogP contribution in [0.4, 0.5) is 0 Å². The standard InChI is InChI=1S/C9H13N3/c1-11-5-9-3-8(4-10)6-12(2)7-9/h3,6,11H,5,7H2,1-2H3. The maximum Gasteiger partial charge on any atom is 0.101 e. The molecular formula is C9H13N3. The number of nitriles is 1. The maximum atomic E-state index is 8.68. The lowest BCUT2D eigenvalue weighted by molar-refractivity contribution is 0.481. The minimum absolute atomic E-state index is 0.731. The predicted octanol–water partition coefficient (Wildman–Crippen LogP) is 0.485. The number of hydrogen-bond acceptors (Lipinski definition) is 3. The van der Waals surface area contributed by atoms with Gasteiger partial charge in [0.1, 0.15) is 6.07 Å². The molecule has 0 saturated heterocycles. The van der Waals surface area contributed by atoms with Gasteiger partial charge in [-0.3, -0.25) is 0 Å². The van der Waals surface area contributed by atoms with E-state index in [2.05, 4.69) is 11.4 Å². The highest BCUT2D eigenvalue weighted by Crippen LogP contribution is 2.10. The smallest absolute Gasteiger partial charge is 0.101 e. The number of rotatable bonds is 2. The van der Waals surface area contributed by atoms with Crippen molar-refractivity contribution in [3.8, 4) is 6.07 Å². The molecule has 1 rings (SSSR count). The van der Waals surface area contributed by atoms with Crippen molar-refractivity contribution >= 4 is 0 Å². The average molecular weight is 163 g/mol. The average Bonchev–Trinajstić information content (AvgIpc) is 2.04. The fraction of sp³-hybridized carbons (Fsp3) is 0.444. The van der Waals surface area contributed by atoms with Crippen LogP contribution in [0.25, 0.3) is 0 Å². The highest BCUT2D eigenvalue weighted by atomic mass is 15.1. The van der Waals surface area contributed by atoms with Crippen LogP contribution in [-0.4, -0.2) is 32.1 Å². The first kappa shape index (κ1) is 8.82. The molecule has 0 unspecified atom stereocenters. The first-order chi connectivity index (χ1) is 5.76. The molecule has 1 N–H and O–H groups in total. The zero-order valence-corrected chi connectivity index (χ0v) is 7.46. The first-order valence-electron chi connectivity index (χ1n) is 3.92. The van der Waals surface area contributed by atoms with Crippen LogP contribution in [-0.2, 0) is 0 Å². The molecule has 3 nitrogen and oxygen atoms in total. The molecule has 0 aliphatic carbocycles. The summed E-state index contributed by atoms with van der Waals surface area (Å²) in [5.74, 6) is 0. The Hall–Kier alpha value is -1.27. The third-order valence-electron chi connectivity index (χ3n) is 1.70. The molecular weight excluding hydrogens is 150 g/mol. The van der Waals surface area contributed by atoms with Crippen LogP contribution in [0.1, 0.15) is 0 Å². The molecule has 0 aromatic heterocycles. The third kappa shape index (κ3) is 2.11. The van der Waals surface area contributed by atoms with Crippen LogP contribution in [0, 0.1) is 11.3 Å². The number of nitrogens with zero attached hydrogens (tertiary/aromatic N) is 2. The fourth-order valence-corrected chi connectivity index (χ4v) is 1.30. The number of likely N-dealkylation sites (N-methyl/N-ethyl adjacent to an activating group) is 2. The van der Waals surface area contributed by atoms with Crippen molar-refractivity contribution in [2.45, 2.75) is 0 Å². The largest absolute Gasteiger partial charge is 0.375 e. The molecule has 0 spiro atoms. The molecule has 12 heavy (non-hydrogen) atoms. The van der Waals surface area contributed by atoms with Crippen molar-refractivity contribution in [2.24, 2.45) is 0 Å². The molecule has 0 aromatic rings. The summed E-state index contributed by atoms with van der Waals surface area (Å²) in [6.07, 6.45) is 3.80. The molecule has 0 aromatic carbocycles. The Morgan fingerprint density at radius 3 is 3.08 bits per heavy atom. The van der Waals surface area contributed by atoms with Gasteiger partial charge in [-0.2, -0.15) is 5.26 Å². The van der Waals surface area contributed by atoms with Gasteiger partial charge in [-0.1, -0.05) is 0 Å². The summed E-state index contributed by atoms with van der Waals surface area (Å²) >= 11 is 0. The van der Waals surface area contributed by atoms with E-state index in [4.69, 9.17) is 5.26 Å². The summed E-state index contributed by atoms with van der Waals surface area (Å²) < 4.78 is 0. The van der Waals surface area contributed by atoms with Gasteiger partial charge in [0.05, 0.1) is 5.57 Å². The monoisotopic (exact) mass is 163 g/mol. The number of allylic oxidation sites excluding steroid dienone is 2. The van der Waals surface area contributed by atoms with Crippen LogP contribution in [0.3, 0.4) is 0 Å². The van der Waals surface area contributed by atoms with Gasteiger partial charge in [0.2, 0.25) is 0 Å². The van der Waals surface area contributed by atoms with Crippen LogP contribution < -0.4 is 5.32 Å². The Kier molecular flexibility index (Phi) is 2.89. The topological polar surface area (TPSA) is 39.1 Å². The Morgan fingerprint density at radius 1 is 1.75 bits per heavy atom. The van der Waals surface area contributed by atoms with E-state index < -0.39 is 0 Å². The summed E-state index contributed by atoms with van der Waals surface area (Å²) in [6.45, 7) is 1.76. The zero-order chi connectivity index (χ0) is 8.97. The van der Waals surface area contributed by atoms with E-state index in [1.165, 1.54) is 5.57 Å². The van der Waals surface area contributed by atoms with E-state index in [0.717, 1.165) is 18.7 Å². The minimum atomic E-state index is 0.731. The third-order valence-corrected chi connectivity index (χ3v) is 1.70. The van der Waals surface area contributed by atoms with Crippen molar-refractivity contribution in [3.05, 3.63) is 23.4 Å². The van der Waals surface area contributed by atoms with Gasteiger partial charge in [0.25, 0.3) is 0 Å². The van der Waals surface area contributed by atoms with E-state index in [0.29, 0.717) is 0 Å². The Labute approximate surface area is 73.0 Å². The van der Waals surface area contributed by atoms with Crippen molar-refractivity contribution < 1.29 is 0 Å². The normalized spacial score (nSPS) is 16.6. The maximum absolute atomic E-state index is 8.68. The van der Waals surface area contributed by atoms with Gasteiger partial charge in [-0.25, -0.2) is 0 Å². The van der Waals surface area contributed by atoms with E-state index in [1.807, 2.05) is 31.3 Å². The molecule has 0 radical (unpaired) electrons. The molecule has 64 valence electrons. The molecule has 1 aliphatic heterocycles. The number of nitrogens with one attached hydrogen (secondary N) is 1. The van der Waals surface area contributed by atoms with Gasteiger partial charge in [-0.15, -0.1) is 0 Å². The zero-order valence-electron chi connectivity index (χ0n) is 7.46. The second kappa shape index (κ2) is 3.93. The molecule has 0 bridgehead atoms. The van der Waals surface area contributed by atoms with Crippen molar-refractivity contribution in [2.75, 3.05) is 27.2 Å². The molecule has 0 saturated carbocycles. The highest BCUT2D eigenvalue weighted by molar-refractivity contribution is 5.38. The van der Waals surface area contributed by atoms with Crippen LogP contribution in [0.15, 0.2) is 23.4 Å². The minimum Gasteiger partial charge on any atom is -0.375 e. The lowest BCUT2D eigenvalue weighted by atomic mass is 10.1. The van der Waals surface area contributed by atoms with Gasteiger partial charge in [0.15, 0.2) is 0 Å². The molecule has 0 fully saturated rings. The fourth-order valence-electron chi connectivity index (χ4n) is 1.30. The van der Waals surface area contributed by atoms with Gasteiger partial charge >= 0.3 is 0 Å². The van der Waals surface area contributed by atoms with Crippen LogP contribution in [0.5, 0.6) is 0 Å². The SMILES string of the molecule is CNCC1=CC(C#N)=CN(C)C1. The van der Waals surface area contributed by atoms with E-state index in [1.54, 1.807) is 0 Å². The van der Waals surface area contributed by atoms with Crippen molar-refractivity contribution in [1.29, 1.82) is 5.26 Å². The molecule has 1 aliphatic rings. The highest BCUT2D eigenvalue weighted by Gasteiger charge is 2.07. The molecule has 0 atom stereocenters. The summed E-state index contributed by atoms with van der Waals surface area (Å²) in [6, 6.07) is 2.14. The van der Waals surface area contributed by atoms with E-state index >= 15 is 0 Å². The van der Waals surface area contributed by atoms with Crippen molar-refractivity contribution in [3.63, 3.8) is 0 Å². The predicted molar refractivity (Wildman–Crippen MR) is 48.3 cm³/mol. The van der Waals surface area contributed by atoms with Crippen LogP contribution >= 0.6 is 0 Å². The second-order valence-electron chi connectivity index (χ2n) is 2.94. The van der Waals surface area contributed by atoms with Crippen LogP contribution in [0.2, 0.25) is 0 Å². The summed E-state index contributed by atoms with van der Waals surface area (Å²) in [4.78, 5) is 2.02. The Morgan fingerprint density at radius 2 is 2.50 bits per heavy atom. The quantitative estimate of drug-likeness (QED) is 0.643. The lowest BCUT2D eigenvalue weighted by Gasteiger charge is -2.20. The van der Waals surface area contributed by atoms with Gasteiger partial charge < -0.3 is 10.2 Å². The summed E-state index contributed by atoms with van der Waals surface area (Å²) in [5, 5.41) is 11.8. The Balaban J connectivity index is 2.72. The lowest BCUT2D eigenvalue weighted by Crippen LogP contribution is -2.24. The molecule has 0 amide bonds. The van der Waals surface area contributed by atoms with E-state index in [-0.39, 0.29) is 0 Å². The van der Waals surface area contributed by atoms with Gasteiger partial charge in [-0.05, 0) is 18.7 Å². The van der Waals surface area contributed by atoms with Crippen molar-refractivity contribution in [1.82, 2.24) is 10.2 Å². The molecule has 3 heteroatoms. The molecule has 1 heterocycles. The Bertz CT molecular complexity index is 257. The van der Waals surface area contributed by atoms with Gasteiger partial charge in [0, 0.05) is 26.3 Å². The second-order valence-corrected chi connectivity index (χ2v) is 2.94. The van der Waals surface area contributed by atoms with E-state index in [9.17, 15) is 0 Å².